The van der Waals surface area contributed by atoms with Crippen LogP contribution in [0, 0.1) is 12.8 Å². The second-order valence-electron chi connectivity index (χ2n) is 7.41. The summed E-state index contributed by atoms with van der Waals surface area (Å²) in [6.45, 7) is 4.82. The highest BCUT2D eigenvalue weighted by molar-refractivity contribution is 5.98. The molecule has 4 rings (SSSR count). The molecule has 0 radical (unpaired) electrons. The summed E-state index contributed by atoms with van der Waals surface area (Å²) in [4.78, 5) is 28.8. The van der Waals surface area contributed by atoms with Crippen molar-refractivity contribution in [3.05, 3.63) is 53.3 Å². The summed E-state index contributed by atoms with van der Waals surface area (Å²) < 4.78 is 12.8. The summed E-state index contributed by atoms with van der Waals surface area (Å²) in [6, 6.07) is 10.5. The van der Waals surface area contributed by atoms with Crippen LogP contribution in [0.1, 0.15) is 41.5 Å². The second-order valence-corrected chi connectivity index (χ2v) is 7.41. The first-order valence-corrected chi connectivity index (χ1v) is 10.2. The van der Waals surface area contributed by atoms with Crippen LogP contribution in [-0.4, -0.2) is 34.8 Å². The molecule has 8 heteroatoms. The molecule has 1 aliphatic rings. The zero-order chi connectivity index (χ0) is 22.0. The number of carbonyl (C=O) groups is 2. The monoisotopic (exact) mass is 420 g/mol. The average molecular weight is 420 g/mol. The molecule has 1 amide bonds. The quantitative estimate of drug-likeness (QED) is 0.273. The van der Waals surface area contributed by atoms with Crippen molar-refractivity contribution < 1.29 is 19.1 Å². The minimum absolute atomic E-state index is 0.0000238. The van der Waals surface area contributed by atoms with Gasteiger partial charge in [0.15, 0.2) is 11.5 Å². The highest BCUT2D eigenvalue weighted by Gasteiger charge is 2.32. The van der Waals surface area contributed by atoms with Crippen molar-refractivity contribution in [2.24, 2.45) is 11.0 Å². The summed E-state index contributed by atoms with van der Waals surface area (Å²) in [5.41, 5.74) is 5.46. The molecule has 0 bridgehead atoms. The van der Waals surface area contributed by atoms with Crippen LogP contribution in [-0.2, 0) is 11.3 Å². The van der Waals surface area contributed by atoms with Gasteiger partial charge < -0.3 is 14.0 Å². The molecule has 0 atom stereocenters. The highest BCUT2D eigenvalue weighted by atomic mass is 16.6. The number of hydrogen-bond acceptors (Lipinski definition) is 6. The first kappa shape index (κ1) is 20.6. The number of methoxy groups -OCH3 is 1. The largest absolute Gasteiger partial charge is 0.493 e. The standard InChI is InChI=1S/C23H24N4O4/c1-4-27-14(2)25-18-12-17(8-9-19(18)27)22(28)26-24-13-15-5-10-20(21(11-15)30-3)31-23(29)16-6-7-16/h5,8-13,16H,4,6-7H2,1-3H3,(H,26,28)/b24-13-. The Morgan fingerprint density at radius 3 is 2.74 bits per heavy atom. The Bertz CT molecular complexity index is 1180. The van der Waals surface area contributed by atoms with Crippen molar-refractivity contribution in [2.75, 3.05) is 7.11 Å². The second kappa shape index (κ2) is 8.59. The maximum Gasteiger partial charge on any atom is 0.314 e. The third kappa shape index (κ3) is 4.42. The number of esters is 1. The van der Waals surface area contributed by atoms with E-state index in [2.05, 4.69) is 27.0 Å². The molecule has 1 heterocycles. The predicted octanol–water partition coefficient (Wildman–Crippen LogP) is 3.45. The number of fused-ring (bicyclic) bond motifs is 1. The normalized spacial score (nSPS) is 13.5. The molecule has 1 aliphatic carbocycles. The fraction of sp³-hybridized carbons (Fsp3) is 0.304. The Balaban J connectivity index is 1.43. The van der Waals surface area contributed by atoms with E-state index in [9.17, 15) is 9.59 Å². The van der Waals surface area contributed by atoms with Crippen LogP contribution in [0.5, 0.6) is 11.5 Å². The number of imidazole rings is 1. The molecule has 0 saturated heterocycles. The Morgan fingerprint density at radius 1 is 1.23 bits per heavy atom. The van der Waals surface area contributed by atoms with E-state index in [1.54, 1.807) is 30.3 Å². The van der Waals surface area contributed by atoms with Gasteiger partial charge in [-0.1, -0.05) is 0 Å². The zero-order valence-corrected chi connectivity index (χ0v) is 17.7. The number of hydrazone groups is 1. The lowest BCUT2D eigenvalue weighted by Gasteiger charge is -2.09. The summed E-state index contributed by atoms with van der Waals surface area (Å²) in [5, 5.41) is 4.03. The number of aromatic nitrogens is 2. The molecule has 0 aliphatic heterocycles. The molecular formula is C23H24N4O4. The summed E-state index contributed by atoms with van der Waals surface area (Å²) >= 11 is 0. The van der Waals surface area contributed by atoms with Gasteiger partial charge in [0, 0.05) is 12.1 Å². The first-order chi connectivity index (χ1) is 15.0. The average Bonchev–Trinajstić information content (AvgIpc) is 3.57. The van der Waals surface area contributed by atoms with Gasteiger partial charge in [-0.3, -0.25) is 9.59 Å². The molecule has 1 fully saturated rings. The summed E-state index contributed by atoms with van der Waals surface area (Å²) in [5.74, 6) is 1.15. The number of ether oxygens (including phenoxy) is 2. The number of nitrogens with zero attached hydrogens (tertiary/aromatic N) is 3. The van der Waals surface area contributed by atoms with Crippen LogP contribution < -0.4 is 14.9 Å². The molecule has 3 aromatic rings. The Hall–Kier alpha value is -3.68. The van der Waals surface area contributed by atoms with Gasteiger partial charge in [0.2, 0.25) is 0 Å². The summed E-state index contributed by atoms with van der Waals surface area (Å²) in [6.07, 6.45) is 3.25. The van der Waals surface area contributed by atoms with Crippen LogP contribution in [0.15, 0.2) is 41.5 Å². The molecule has 0 unspecified atom stereocenters. The van der Waals surface area contributed by atoms with Gasteiger partial charge in [-0.15, -0.1) is 0 Å². The molecule has 8 nitrogen and oxygen atoms in total. The molecule has 2 aromatic carbocycles. The van der Waals surface area contributed by atoms with Gasteiger partial charge in [-0.2, -0.15) is 5.10 Å². The SMILES string of the molecule is CCn1c(C)nc2cc(C(=O)N/N=C\c3ccc(OC(=O)C4CC4)c(OC)c3)ccc21. The fourth-order valence-corrected chi connectivity index (χ4v) is 3.38. The van der Waals surface area contributed by atoms with Crippen LogP contribution in [0.2, 0.25) is 0 Å². The molecule has 160 valence electrons. The molecule has 0 spiro atoms. The third-order valence-electron chi connectivity index (χ3n) is 5.21. The minimum Gasteiger partial charge on any atom is -0.493 e. The Labute approximate surface area is 179 Å². The maximum absolute atomic E-state index is 12.5. The Kier molecular flexibility index (Phi) is 5.70. The van der Waals surface area contributed by atoms with Crippen LogP contribution in [0.4, 0.5) is 0 Å². The van der Waals surface area contributed by atoms with Gasteiger partial charge in [-0.25, -0.2) is 10.4 Å². The minimum atomic E-state index is -0.330. The topological polar surface area (TPSA) is 94.8 Å². The van der Waals surface area contributed by atoms with E-state index in [4.69, 9.17) is 9.47 Å². The molecule has 1 aromatic heterocycles. The van der Waals surface area contributed by atoms with Crippen molar-refractivity contribution in [3.8, 4) is 11.5 Å². The molecule has 1 N–H and O–H groups in total. The van der Waals surface area contributed by atoms with E-state index in [0.29, 0.717) is 22.6 Å². The van der Waals surface area contributed by atoms with Crippen molar-refractivity contribution in [1.29, 1.82) is 0 Å². The molecule has 31 heavy (non-hydrogen) atoms. The third-order valence-corrected chi connectivity index (χ3v) is 5.21. The van der Waals surface area contributed by atoms with Crippen molar-refractivity contribution in [2.45, 2.75) is 33.2 Å². The first-order valence-electron chi connectivity index (χ1n) is 10.2. The van der Waals surface area contributed by atoms with E-state index >= 15 is 0 Å². The van der Waals surface area contributed by atoms with Crippen molar-refractivity contribution >= 4 is 29.1 Å². The number of hydrogen-bond donors (Lipinski definition) is 1. The zero-order valence-electron chi connectivity index (χ0n) is 17.7. The number of carbonyl (C=O) groups excluding carboxylic acids is 2. The fourth-order valence-electron chi connectivity index (χ4n) is 3.38. The number of aryl methyl sites for hydroxylation is 2. The number of amides is 1. The van der Waals surface area contributed by atoms with E-state index < -0.39 is 0 Å². The van der Waals surface area contributed by atoms with Gasteiger partial charge in [0.1, 0.15) is 5.82 Å². The predicted molar refractivity (Wildman–Crippen MR) is 117 cm³/mol. The van der Waals surface area contributed by atoms with Gasteiger partial charge in [-0.05, 0) is 68.7 Å². The number of benzene rings is 2. The van der Waals surface area contributed by atoms with E-state index in [1.165, 1.54) is 13.3 Å². The van der Waals surface area contributed by atoms with E-state index in [1.807, 2.05) is 13.0 Å². The molecule has 1 saturated carbocycles. The van der Waals surface area contributed by atoms with Crippen molar-refractivity contribution in [3.63, 3.8) is 0 Å². The number of rotatable bonds is 7. The van der Waals surface area contributed by atoms with Gasteiger partial charge >= 0.3 is 5.97 Å². The number of nitrogens with one attached hydrogen (secondary N) is 1. The van der Waals surface area contributed by atoms with E-state index in [0.717, 1.165) is 36.2 Å². The molecular weight excluding hydrogens is 396 g/mol. The van der Waals surface area contributed by atoms with Crippen LogP contribution in [0.3, 0.4) is 0 Å². The van der Waals surface area contributed by atoms with Crippen molar-refractivity contribution in [1.82, 2.24) is 15.0 Å². The Morgan fingerprint density at radius 2 is 2.03 bits per heavy atom. The lowest BCUT2D eigenvalue weighted by atomic mass is 10.2. The highest BCUT2D eigenvalue weighted by Crippen LogP contribution is 2.34. The van der Waals surface area contributed by atoms with Crippen LogP contribution in [0.25, 0.3) is 11.0 Å². The van der Waals surface area contributed by atoms with Crippen LogP contribution >= 0.6 is 0 Å². The summed E-state index contributed by atoms with van der Waals surface area (Å²) in [7, 11) is 1.50. The maximum atomic E-state index is 12.5. The van der Waals surface area contributed by atoms with Gasteiger partial charge in [0.25, 0.3) is 5.91 Å². The smallest absolute Gasteiger partial charge is 0.314 e. The lowest BCUT2D eigenvalue weighted by Crippen LogP contribution is -2.17. The lowest BCUT2D eigenvalue weighted by molar-refractivity contribution is -0.135. The van der Waals surface area contributed by atoms with Gasteiger partial charge in [0.05, 0.1) is 30.3 Å². The van der Waals surface area contributed by atoms with E-state index in [-0.39, 0.29) is 17.8 Å².